The van der Waals surface area contributed by atoms with Crippen LogP contribution < -0.4 is 10.6 Å². The lowest BCUT2D eigenvalue weighted by molar-refractivity contribution is 0.618. The third-order valence-corrected chi connectivity index (χ3v) is 3.11. The van der Waals surface area contributed by atoms with Gasteiger partial charge in [-0.1, -0.05) is 12.1 Å². The van der Waals surface area contributed by atoms with Crippen molar-refractivity contribution in [1.82, 2.24) is 0 Å². The summed E-state index contributed by atoms with van der Waals surface area (Å²) in [4.78, 5) is 1.94. The van der Waals surface area contributed by atoms with Gasteiger partial charge in [-0.15, -0.1) is 0 Å². The predicted molar refractivity (Wildman–Crippen MR) is 70.7 cm³/mol. The van der Waals surface area contributed by atoms with E-state index in [1.807, 2.05) is 31.2 Å². The van der Waals surface area contributed by atoms with Gasteiger partial charge in [-0.3, -0.25) is 0 Å². The van der Waals surface area contributed by atoms with Crippen molar-refractivity contribution in [3.8, 4) is 0 Å². The first kappa shape index (κ1) is 13.3. The van der Waals surface area contributed by atoms with Gasteiger partial charge in [0.2, 0.25) is 0 Å². The Labute approximate surface area is 101 Å². The van der Waals surface area contributed by atoms with Crippen LogP contribution in [0.3, 0.4) is 0 Å². The van der Waals surface area contributed by atoms with Crippen LogP contribution >= 0.6 is 11.8 Å². The Balaban J connectivity index is 3.00. The Morgan fingerprint density at radius 3 is 2.75 bits per heavy atom. The number of anilines is 1. The van der Waals surface area contributed by atoms with E-state index in [0.29, 0.717) is 5.69 Å². The molecule has 0 saturated carbocycles. The standard InChI is InChI=1S/C12H19FN2S/c1-9(14)10-5-4-6-11(13)12(10)15(2)7-8-16-3/h4-6,9H,7-8,14H2,1-3H3/t9-/m0/s1. The molecule has 1 rings (SSSR count). The zero-order valence-electron chi connectivity index (χ0n) is 10.0. The highest BCUT2D eigenvalue weighted by atomic mass is 32.2. The summed E-state index contributed by atoms with van der Waals surface area (Å²) in [5.41, 5.74) is 7.35. The van der Waals surface area contributed by atoms with E-state index >= 15 is 0 Å². The lowest BCUT2D eigenvalue weighted by Crippen LogP contribution is -2.24. The first-order valence-corrected chi connectivity index (χ1v) is 6.71. The van der Waals surface area contributed by atoms with Crippen LogP contribution in [0.2, 0.25) is 0 Å². The molecule has 16 heavy (non-hydrogen) atoms. The summed E-state index contributed by atoms with van der Waals surface area (Å²) in [6.07, 6.45) is 2.04. The summed E-state index contributed by atoms with van der Waals surface area (Å²) in [6, 6.07) is 4.93. The normalized spacial score (nSPS) is 12.6. The number of benzene rings is 1. The second-order valence-electron chi connectivity index (χ2n) is 3.88. The molecule has 1 aromatic rings. The zero-order valence-corrected chi connectivity index (χ0v) is 10.9. The predicted octanol–water partition coefficient (Wildman–Crippen LogP) is 2.64. The van der Waals surface area contributed by atoms with Crippen molar-refractivity contribution in [3.05, 3.63) is 29.6 Å². The number of para-hydroxylation sites is 1. The van der Waals surface area contributed by atoms with Crippen LogP contribution in [0.25, 0.3) is 0 Å². The van der Waals surface area contributed by atoms with Gasteiger partial charge in [0.15, 0.2) is 0 Å². The van der Waals surface area contributed by atoms with E-state index in [1.54, 1.807) is 17.8 Å². The van der Waals surface area contributed by atoms with E-state index in [9.17, 15) is 4.39 Å². The van der Waals surface area contributed by atoms with Crippen LogP contribution in [0.1, 0.15) is 18.5 Å². The lowest BCUT2D eigenvalue weighted by Gasteiger charge is -2.24. The van der Waals surface area contributed by atoms with E-state index in [0.717, 1.165) is 17.9 Å². The van der Waals surface area contributed by atoms with Crippen molar-refractivity contribution in [2.75, 3.05) is 30.5 Å². The Morgan fingerprint density at radius 2 is 2.19 bits per heavy atom. The highest BCUT2D eigenvalue weighted by Gasteiger charge is 2.14. The third kappa shape index (κ3) is 3.12. The van der Waals surface area contributed by atoms with Gasteiger partial charge in [-0.05, 0) is 24.8 Å². The molecule has 90 valence electrons. The monoisotopic (exact) mass is 242 g/mol. The average Bonchev–Trinajstić information content (AvgIpc) is 2.25. The van der Waals surface area contributed by atoms with Crippen LogP contribution in [0.5, 0.6) is 0 Å². The first-order chi connectivity index (χ1) is 7.57. The van der Waals surface area contributed by atoms with Gasteiger partial charge in [-0.25, -0.2) is 4.39 Å². The number of hydrogen-bond acceptors (Lipinski definition) is 3. The maximum absolute atomic E-state index is 13.8. The zero-order chi connectivity index (χ0) is 12.1. The van der Waals surface area contributed by atoms with Gasteiger partial charge < -0.3 is 10.6 Å². The lowest BCUT2D eigenvalue weighted by atomic mass is 10.1. The van der Waals surface area contributed by atoms with E-state index in [4.69, 9.17) is 5.73 Å². The van der Waals surface area contributed by atoms with Gasteiger partial charge >= 0.3 is 0 Å². The number of nitrogens with zero attached hydrogens (tertiary/aromatic N) is 1. The van der Waals surface area contributed by atoms with Crippen molar-refractivity contribution in [2.45, 2.75) is 13.0 Å². The molecule has 0 bridgehead atoms. The Morgan fingerprint density at radius 1 is 1.50 bits per heavy atom. The molecule has 4 heteroatoms. The summed E-state index contributed by atoms with van der Waals surface area (Å²) in [7, 11) is 1.90. The molecule has 2 nitrogen and oxygen atoms in total. The van der Waals surface area contributed by atoms with Crippen LogP contribution in [-0.4, -0.2) is 25.6 Å². The minimum absolute atomic E-state index is 0.151. The van der Waals surface area contributed by atoms with E-state index in [1.165, 1.54) is 6.07 Å². The molecular formula is C12H19FN2S. The van der Waals surface area contributed by atoms with Crippen molar-refractivity contribution in [1.29, 1.82) is 0 Å². The van der Waals surface area contributed by atoms with Crippen molar-refractivity contribution < 1.29 is 4.39 Å². The van der Waals surface area contributed by atoms with Gasteiger partial charge in [-0.2, -0.15) is 11.8 Å². The molecule has 1 atom stereocenters. The molecule has 0 saturated heterocycles. The summed E-state index contributed by atoms with van der Waals surface area (Å²) in [6.45, 7) is 2.70. The van der Waals surface area contributed by atoms with E-state index < -0.39 is 0 Å². The average molecular weight is 242 g/mol. The molecule has 1 aromatic carbocycles. The highest BCUT2D eigenvalue weighted by molar-refractivity contribution is 7.98. The topological polar surface area (TPSA) is 29.3 Å². The van der Waals surface area contributed by atoms with Gasteiger partial charge in [0.05, 0.1) is 5.69 Å². The molecule has 0 aliphatic heterocycles. The number of halogens is 1. The summed E-state index contributed by atoms with van der Waals surface area (Å²) in [5, 5.41) is 0. The van der Waals surface area contributed by atoms with Crippen LogP contribution in [-0.2, 0) is 0 Å². The molecule has 0 aliphatic rings. The molecule has 0 aliphatic carbocycles. The molecular weight excluding hydrogens is 223 g/mol. The highest BCUT2D eigenvalue weighted by Crippen LogP contribution is 2.27. The number of rotatable bonds is 5. The fraction of sp³-hybridized carbons (Fsp3) is 0.500. The molecule has 0 aromatic heterocycles. The van der Waals surface area contributed by atoms with Gasteiger partial charge in [0, 0.05) is 25.4 Å². The van der Waals surface area contributed by atoms with Crippen molar-refractivity contribution >= 4 is 17.4 Å². The van der Waals surface area contributed by atoms with E-state index in [-0.39, 0.29) is 11.9 Å². The fourth-order valence-corrected chi connectivity index (χ4v) is 2.10. The van der Waals surface area contributed by atoms with Crippen molar-refractivity contribution in [3.63, 3.8) is 0 Å². The summed E-state index contributed by atoms with van der Waals surface area (Å²) >= 11 is 1.75. The van der Waals surface area contributed by atoms with Crippen LogP contribution in [0.15, 0.2) is 18.2 Å². The maximum atomic E-state index is 13.8. The quantitative estimate of drug-likeness (QED) is 0.860. The van der Waals surface area contributed by atoms with Crippen LogP contribution in [0, 0.1) is 5.82 Å². The molecule has 0 fully saturated rings. The SMILES string of the molecule is CSCCN(C)c1c(F)cccc1[C@H](C)N. The summed E-state index contributed by atoms with van der Waals surface area (Å²) in [5.74, 6) is 0.780. The molecule has 0 amide bonds. The summed E-state index contributed by atoms with van der Waals surface area (Å²) < 4.78 is 13.8. The molecule has 0 unspecified atom stereocenters. The number of nitrogens with two attached hydrogens (primary N) is 1. The molecule has 0 heterocycles. The molecule has 0 radical (unpaired) electrons. The third-order valence-electron chi connectivity index (χ3n) is 2.52. The Hall–Kier alpha value is -0.740. The Kier molecular flexibility index (Phi) is 5.09. The molecule has 0 spiro atoms. The molecule has 2 N–H and O–H groups in total. The Bertz CT molecular complexity index is 342. The minimum Gasteiger partial charge on any atom is -0.371 e. The maximum Gasteiger partial charge on any atom is 0.146 e. The minimum atomic E-state index is -0.196. The largest absolute Gasteiger partial charge is 0.371 e. The first-order valence-electron chi connectivity index (χ1n) is 5.32. The second-order valence-corrected chi connectivity index (χ2v) is 4.87. The van der Waals surface area contributed by atoms with Crippen molar-refractivity contribution in [2.24, 2.45) is 5.73 Å². The number of hydrogen-bond donors (Lipinski definition) is 1. The van der Waals surface area contributed by atoms with Gasteiger partial charge in [0.25, 0.3) is 0 Å². The number of thioether (sulfide) groups is 1. The second kappa shape index (κ2) is 6.11. The van der Waals surface area contributed by atoms with Gasteiger partial charge in [0.1, 0.15) is 5.82 Å². The smallest absolute Gasteiger partial charge is 0.146 e. The van der Waals surface area contributed by atoms with Crippen LogP contribution in [0.4, 0.5) is 10.1 Å². The fourth-order valence-electron chi connectivity index (χ4n) is 1.64. The van der Waals surface area contributed by atoms with E-state index in [2.05, 4.69) is 0 Å².